The van der Waals surface area contributed by atoms with Gasteiger partial charge in [0.25, 0.3) is 5.91 Å². The minimum absolute atomic E-state index is 0.0495. The maximum Gasteiger partial charge on any atom is 0.272 e. The van der Waals surface area contributed by atoms with Crippen molar-refractivity contribution in [1.29, 1.82) is 0 Å². The van der Waals surface area contributed by atoms with Crippen molar-refractivity contribution in [2.24, 2.45) is 0 Å². The number of anilines is 1. The summed E-state index contributed by atoms with van der Waals surface area (Å²) in [5.74, 6) is 0.821. The largest absolute Gasteiger partial charge is 0.354 e. The molecule has 0 atom stereocenters. The number of hydrogen-bond acceptors (Lipinski definition) is 5. The Morgan fingerprint density at radius 2 is 1.74 bits per heavy atom. The summed E-state index contributed by atoms with van der Waals surface area (Å²) in [6, 6.07) is 5.63. The quantitative estimate of drug-likeness (QED) is 0.720. The van der Waals surface area contributed by atoms with Crippen LogP contribution in [0.2, 0.25) is 0 Å². The van der Waals surface area contributed by atoms with E-state index in [9.17, 15) is 9.59 Å². The van der Waals surface area contributed by atoms with Crippen molar-refractivity contribution < 1.29 is 9.59 Å². The zero-order valence-electron chi connectivity index (χ0n) is 13.5. The molecule has 0 aliphatic carbocycles. The first-order valence-electron chi connectivity index (χ1n) is 8.06. The summed E-state index contributed by atoms with van der Waals surface area (Å²) in [5.41, 5.74) is 0.487. The molecule has 23 heavy (non-hydrogen) atoms. The Morgan fingerprint density at radius 3 is 2.39 bits per heavy atom. The predicted octanol–water partition coefficient (Wildman–Crippen LogP) is -0.252. The fraction of sp³-hybridized carbons (Fsp3) is 0.562. The lowest BCUT2D eigenvalue weighted by Crippen LogP contribution is -2.48. The molecule has 0 N–H and O–H groups in total. The molecule has 2 amide bonds. The van der Waals surface area contributed by atoms with Crippen molar-refractivity contribution in [3.8, 4) is 0 Å². The molecule has 2 saturated heterocycles. The van der Waals surface area contributed by atoms with E-state index in [4.69, 9.17) is 0 Å². The van der Waals surface area contributed by atoms with Gasteiger partial charge in [0, 0.05) is 52.4 Å². The summed E-state index contributed by atoms with van der Waals surface area (Å²) < 4.78 is 0. The summed E-state index contributed by atoms with van der Waals surface area (Å²) in [7, 11) is 2.11. The van der Waals surface area contributed by atoms with E-state index in [0.717, 1.165) is 38.4 Å². The number of pyridine rings is 1. The topological polar surface area (TPSA) is 60.0 Å². The summed E-state index contributed by atoms with van der Waals surface area (Å²) in [5, 5.41) is 0. The van der Waals surface area contributed by atoms with Crippen molar-refractivity contribution in [2.75, 3.05) is 64.3 Å². The second kappa shape index (κ2) is 6.95. The van der Waals surface area contributed by atoms with Crippen LogP contribution in [0, 0.1) is 0 Å². The molecule has 3 rings (SSSR count). The van der Waals surface area contributed by atoms with Crippen LogP contribution in [-0.2, 0) is 4.79 Å². The average Bonchev–Trinajstić information content (AvgIpc) is 2.62. The van der Waals surface area contributed by atoms with Crippen LogP contribution in [0.15, 0.2) is 18.2 Å². The fourth-order valence-electron chi connectivity index (χ4n) is 2.95. The summed E-state index contributed by atoms with van der Waals surface area (Å²) in [6.07, 6.45) is 0.841. The summed E-state index contributed by atoms with van der Waals surface area (Å²) >= 11 is 0. The first kappa shape index (κ1) is 15.7. The molecule has 0 aromatic carbocycles. The van der Waals surface area contributed by atoms with Crippen LogP contribution < -0.4 is 4.90 Å². The molecule has 0 saturated carbocycles. The third-order valence-electron chi connectivity index (χ3n) is 4.53. The Balaban J connectivity index is 1.67. The number of aromatic nitrogens is 1. The van der Waals surface area contributed by atoms with Gasteiger partial charge < -0.3 is 19.6 Å². The molecule has 0 spiro atoms. The third-order valence-corrected chi connectivity index (χ3v) is 4.53. The maximum atomic E-state index is 12.6. The Hall–Kier alpha value is -2.15. The highest BCUT2D eigenvalue weighted by Crippen LogP contribution is 2.15. The highest BCUT2D eigenvalue weighted by Gasteiger charge is 2.23. The highest BCUT2D eigenvalue weighted by molar-refractivity contribution is 5.92. The number of amides is 2. The lowest BCUT2D eigenvalue weighted by molar-refractivity contribution is -0.119. The number of carbonyl (C=O) groups is 2. The molecule has 7 nitrogen and oxygen atoms in total. The van der Waals surface area contributed by atoms with Crippen molar-refractivity contribution in [3.63, 3.8) is 0 Å². The zero-order chi connectivity index (χ0) is 16.2. The van der Waals surface area contributed by atoms with E-state index in [1.807, 2.05) is 12.1 Å². The molecule has 2 aliphatic heterocycles. The number of rotatable bonds is 3. The van der Waals surface area contributed by atoms with Gasteiger partial charge in [0.05, 0.1) is 0 Å². The van der Waals surface area contributed by atoms with E-state index in [1.165, 1.54) is 0 Å². The third kappa shape index (κ3) is 3.61. The Bertz CT molecular complexity index is 563. The van der Waals surface area contributed by atoms with Crippen LogP contribution in [-0.4, -0.2) is 91.4 Å². The van der Waals surface area contributed by atoms with Gasteiger partial charge in [-0.05, 0) is 19.2 Å². The zero-order valence-corrected chi connectivity index (χ0v) is 13.5. The smallest absolute Gasteiger partial charge is 0.272 e. The van der Waals surface area contributed by atoms with Crippen LogP contribution in [0.4, 0.5) is 5.82 Å². The Kier molecular flexibility index (Phi) is 4.76. The number of carbonyl (C=O) groups excluding carboxylic acids is 2. The SMILES string of the molecule is CN1CCN(c2cccc(C(=O)N3CCN(C=O)CC3)n2)CC1. The van der Waals surface area contributed by atoms with Gasteiger partial charge >= 0.3 is 0 Å². The van der Waals surface area contributed by atoms with Crippen molar-refractivity contribution in [1.82, 2.24) is 19.7 Å². The average molecular weight is 317 g/mol. The molecule has 0 unspecified atom stereocenters. The van der Waals surface area contributed by atoms with Crippen LogP contribution in [0.25, 0.3) is 0 Å². The van der Waals surface area contributed by atoms with Gasteiger partial charge in [-0.2, -0.15) is 0 Å². The van der Waals surface area contributed by atoms with E-state index in [2.05, 4.69) is 21.8 Å². The standard InChI is InChI=1S/C16H23N5O2/c1-18-5-9-20(10-6-18)15-4-2-3-14(17-15)16(23)21-11-7-19(13-22)8-12-21/h2-4,13H,5-12H2,1H3. The monoisotopic (exact) mass is 317 g/mol. The predicted molar refractivity (Wildman–Crippen MR) is 87.5 cm³/mol. The van der Waals surface area contributed by atoms with Gasteiger partial charge in [-0.15, -0.1) is 0 Å². The van der Waals surface area contributed by atoms with E-state index in [-0.39, 0.29) is 5.91 Å². The van der Waals surface area contributed by atoms with E-state index < -0.39 is 0 Å². The Labute approximate surface area is 136 Å². The van der Waals surface area contributed by atoms with Crippen LogP contribution in [0.5, 0.6) is 0 Å². The molecule has 2 aliphatic rings. The molecule has 2 fully saturated rings. The van der Waals surface area contributed by atoms with E-state index in [0.29, 0.717) is 31.9 Å². The number of hydrogen-bond donors (Lipinski definition) is 0. The molecule has 1 aromatic heterocycles. The molecular weight excluding hydrogens is 294 g/mol. The number of piperazine rings is 2. The second-order valence-corrected chi connectivity index (χ2v) is 6.10. The highest BCUT2D eigenvalue weighted by atomic mass is 16.2. The molecule has 0 radical (unpaired) electrons. The van der Waals surface area contributed by atoms with Gasteiger partial charge in [-0.1, -0.05) is 6.07 Å². The van der Waals surface area contributed by atoms with Crippen LogP contribution >= 0.6 is 0 Å². The van der Waals surface area contributed by atoms with Gasteiger partial charge in [0.2, 0.25) is 6.41 Å². The lowest BCUT2D eigenvalue weighted by atomic mass is 10.2. The van der Waals surface area contributed by atoms with Gasteiger partial charge in [0.1, 0.15) is 11.5 Å². The van der Waals surface area contributed by atoms with Crippen molar-refractivity contribution >= 4 is 18.1 Å². The van der Waals surface area contributed by atoms with E-state index in [1.54, 1.807) is 15.9 Å². The summed E-state index contributed by atoms with van der Waals surface area (Å²) in [6.45, 7) is 6.19. The van der Waals surface area contributed by atoms with Gasteiger partial charge in [-0.25, -0.2) is 4.98 Å². The Morgan fingerprint density at radius 1 is 1.04 bits per heavy atom. The molecule has 124 valence electrons. The minimum Gasteiger partial charge on any atom is -0.354 e. The first-order chi connectivity index (χ1) is 11.2. The molecule has 3 heterocycles. The lowest BCUT2D eigenvalue weighted by Gasteiger charge is -2.34. The second-order valence-electron chi connectivity index (χ2n) is 6.10. The van der Waals surface area contributed by atoms with Crippen LogP contribution in [0.1, 0.15) is 10.5 Å². The first-order valence-corrected chi connectivity index (χ1v) is 8.06. The molecule has 0 bridgehead atoms. The van der Waals surface area contributed by atoms with Crippen LogP contribution in [0.3, 0.4) is 0 Å². The minimum atomic E-state index is -0.0495. The maximum absolute atomic E-state index is 12.6. The van der Waals surface area contributed by atoms with Crippen molar-refractivity contribution in [3.05, 3.63) is 23.9 Å². The fourth-order valence-corrected chi connectivity index (χ4v) is 2.95. The van der Waals surface area contributed by atoms with Crippen molar-refractivity contribution in [2.45, 2.75) is 0 Å². The van der Waals surface area contributed by atoms with Gasteiger partial charge in [-0.3, -0.25) is 9.59 Å². The number of nitrogens with zero attached hydrogens (tertiary/aromatic N) is 5. The molecule has 7 heteroatoms. The molecule has 1 aromatic rings. The molecular formula is C16H23N5O2. The van der Waals surface area contributed by atoms with E-state index >= 15 is 0 Å². The normalized spacial score (nSPS) is 19.8. The van der Waals surface area contributed by atoms with Gasteiger partial charge in [0.15, 0.2) is 0 Å². The summed E-state index contributed by atoms with van der Waals surface area (Å²) in [4.78, 5) is 35.9. The number of likely N-dealkylation sites (N-methyl/N-ethyl adjacent to an activating group) is 1.